The predicted octanol–water partition coefficient (Wildman–Crippen LogP) is 0.00378. The Morgan fingerprint density at radius 2 is 1.94 bits per heavy atom. The molecule has 17 heavy (non-hydrogen) atoms. The number of nitrogens with zero attached hydrogens (tertiary/aromatic N) is 2. The lowest BCUT2D eigenvalue weighted by atomic mass is 10.2. The summed E-state index contributed by atoms with van der Waals surface area (Å²) in [5, 5.41) is 10.4. The molecule has 0 aliphatic rings. The number of nitriles is 1. The molecule has 0 bridgehead atoms. The van der Waals surface area contributed by atoms with E-state index in [4.69, 9.17) is 5.26 Å². The maximum Gasteiger partial charge on any atom is 0.349 e. The monoisotopic (exact) mass is 238 g/mol. The van der Waals surface area contributed by atoms with Crippen molar-refractivity contribution >= 4 is 0 Å². The first-order chi connectivity index (χ1) is 8.02. The third kappa shape index (κ3) is 1.74. The molecule has 1 aromatic heterocycles. The van der Waals surface area contributed by atoms with Crippen LogP contribution in [0.4, 0.5) is 8.78 Å². The van der Waals surface area contributed by atoms with Crippen molar-refractivity contribution in [1.29, 1.82) is 5.26 Å². The largest absolute Gasteiger partial charge is 0.349 e. The molecule has 0 unspecified atom stereocenters. The van der Waals surface area contributed by atoms with E-state index >= 15 is 0 Å². The van der Waals surface area contributed by atoms with Gasteiger partial charge in [-0.15, -0.1) is 0 Å². The van der Waals surface area contributed by atoms with Gasteiger partial charge in [-0.25, -0.2) is 23.5 Å². The zero-order chi connectivity index (χ0) is 12.6. The van der Waals surface area contributed by atoms with Crippen LogP contribution in [0.25, 0.3) is 5.69 Å². The number of halogens is 2. The number of aromatic nitrogens is 3. The van der Waals surface area contributed by atoms with Crippen molar-refractivity contribution in [3.63, 3.8) is 0 Å². The molecule has 6 nitrogen and oxygen atoms in total. The second-order valence-electron chi connectivity index (χ2n) is 3.10. The second kappa shape index (κ2) is 3.71. The molecule has 0 radical (unpaired) electrons. The second-order valence-corrected chi connectivity index (χ2v) is 3.10. The number of H-pyrrole nitrogens is 2. The fourth-order valence-corrected chi connectivity index (χ4v) is 1.30. The standard InChI is InChI=1S/C9H4F2N4O2/c10-5-2-7(6(11)1-4(5)3-12)15-9(17)13-8(16)14-15/h1-2H,(H2,13,14,16,17). The summed E-state index contributed by atoms with van der Waals surface area (Å²) >= 11 is 0. The summed E-state index contributed by atoms with van der Waals surface area (Å²) < 4.78 is 27.2. The fourth-order valence-electron chi connectivity index (χ4n) is 1.30. The van der Waals surface area contributed by atoms with Gasteiger partial charge in [0.1, 0.15) is 17.6 Å². The number of hydrogen-bond acceptors (Lipinski definition) is 3. The van der Waals surface area contributed by atoms with Crippen LogP contribution in [0.1, 0.15) is 5.56 Å². The molecule has 2 rings (SSSR count). The van der Waals surface area contributed by atoms with Gasteiger partial charge in [0.15, 0.2) is 5.82 Å². The van der Waals surface area contributed by atoms with Crippen LogP contribution < -0.4 is 11.4 Å². The fraction of sp³-hybridized carbons (Fsp3) is 0. The molecule has 8 heteroatoms. The Morgan fingerprint density at radius 3 is 2.47 bits per heavy atom. The van der Waals surface area contributed by atoms with Gasteiger partial charge in [-0.1, -0.05) is 0 Å². The SMILES string of the molecule is N#Cc1cc(F)c(-n2[nH]c(=O)[nH]c2=O)cc1F. The van der Waals surface area contributed by atoms with Crippen LogP contribution in [0.5, 0.6) is 0 Å². The summed E-state index contributed by atoms with van der Waals surface area (Å²) in [5.41, 5.74) is -2.75. The Morgan fingerprint density at radius 1 is 1.24 bits per heavy atom. The van der Waals surface area contributed by atoms with Gasteiger partial charge in [-0.05, 0) is 6.07 Å². The van der Waals surface area contributed by atoms with Gasteiger partial charge in [0.05, 0.1) is 5.56 Å². The highest BCUT2D eigenvalue weighted by molar-refractivity contribution is 5.41. The molecule has 0 saturated heterocycles. The van der Waals surface area contributed by atoms with E-state index in [0.29, 0.717) is 16.8 Å². The van der Waals surface area contributed by atoms with Crippen molar-refractivity contribution in [2.75, 3.05) is 0 Å². The number of benzene rings is 1. The molecule has 0 aliphatic heterocycles. The molecule has 1 aromatic carbocycles. The van der Waals surface area contributed by atoms with Crippen LogP contribution in [-0.2, 0) is 0 Å². The van der Waals surface area contributed by atoms with Crippen LogP contribution in [0.2, 0.25) is 0 Å². The maximum atomic E-state index is 13.5. The van der Waals surface area contributed by atoms with Crippen LogP contribution in [0.3, 0.4) is 0 Å². The summed E-state index contributed by atoms with van der Waals surface area (Å²) in [4.78, 5) is 23.8. The first-order valence-electron chi connectivity index (χ1n) is 4.34. The van der Waals surface area contributed by atoms with Gasteiger partial charge < -0.3 is 0 Å². The number of rotatable bonds is 1. The lowest BCUT2D eigenvalue weighted by molar-refractivity contribution is 0.581. The number of aromatic amines is 2. The average molecular weight is 238 g/mol. The molecule has 86 valence electrons. The highest BCUT2D eigenvalue weighted by Crippen LogP contribution is 2.15. The first-order valence-corrected chi connectivity index (χ1v) is 4.34. The average Bonchev–Trinajstić information content (AvgIpc) is 2.60. The van der Waals surface area contributed by atoms with Crippen LogP contribution in [0.15, 0.2) is 21.7 Å². The van der Waals surface area contributed by atoms with E-state index in [-0.39, 0.29) is 0 Å². The van der Waals surface area contributed by atoms with E-state index in [1.54, 1.807) is 0 Å². The topological polar surface area (TPSA) is 94.4 Å². The van der Waals surface area contributed by atoms with E-state index in [2.05, 4.69) is 0 Å². The van der Waals surface area contributed by atoms with E-state index in [1.807, 2.05) is 10.1 Å². The van der Waals surface area contributed by atoms with Crippen LogP contribution >= 0.6 is 0 Å². The molecule has 1 heterocycles. The minimum Gasteiger partial charge on any atom is -0.256 e. The van der Waals surface area contributed by atoms with Crippen molar-refractivity contribution in [2.45, 2.75) is 0 Å². The van der Waals surface area contributed by atoms with Crippen molar-refractivity contribution in [3.8, 4) is 11.8 Å². The van der Waals surface area contributed by atoms with Crippen LogP contribution in [-0.4, -0.2) is 14.8 Å². The lowest BCUT2D eigenvalue weighted by Gasteiger charge is -2.03. The summed E-state index contributed by atoms with van der Waals surface area (Å²) in [7, 11) is 0. The summed E-state index contributed by atoms with van der Waals surface area (Å²) in [6.07, 6.45) is 0. The lowest BCUT2D eigenvalue weighted by Crippen LogP contribution is -2.17. The quantitative estimate of drug-likeness (QED) is 0.732. The highest BCUT2D eigenvalue weighted by Gasteiger charge is 2.13. The molecule has 0 saturated carbocycles. The molecule has 0 amide bonds. The summed E-state index contributed by atoms with van der Waals surface area (Å²) in [6, 6.07) is 2.75. The molecule has 2 N–H and O–H groups in total. The molecule has 2 aromatic rings. The Bertz CT molecular complexity index is 735. The molecular weight excluding hydrogens is 234 g/mol. The van der Waals surface area contributed by atoms with Crippen molar-refractivity contribution in [2.24, 2.45) is 0 Å². The van der Waals surface area contributed by atoms with Gasteiger partial charge in [0.2, 0.25) is 0 Å². The van der Waals surface area contributed by atoms with Gasteiger partial charge in [-0.2, -0.15) is 9.94 Å². The van der Waals surface area contributed by atoms with Crippen molar-refractivity contribution < 1.29 is 8.78 Å². The number of nitrogens with one attached hydrogen (secondary N) is 2. The third-order valence-corrected chi connectivity index (χ3v) is 2.03. The Balaban J connectivity index is 2.74. The van der Waals surface area contributed by atoms with Crippen LogP contribution in [0, 0.1) is 23.0 Å². The minimum absolute atomic E-state index is 0.482. The molecule has 0 aliphatic carbocycles. The van der Waals surface area contributed by atoms with Gasteiger partial charge in [0.25, 0.3) is 0 Å². The van der Waals surface area contributed by atoms with Crippen molar-refractivity contribution in [3.05, 3.63) is 50.3 Å². The zero-order valence-electron chi connectivity index (χ0n) is 8.12. The molecular formula is C9H4F2N4O2. The first kappa shape index (κ1) is 10.8. The Labute approximate surface area is 91.7 Å². The Hall–Kier alpha value is -2.69. The maximum absolute atomic E-state index is 13.5. The van der Waals surface area contributed by atoms with Gasteiger partial charge in [-0.3, -0.25) is 4.98 Å². The van der Waals surface area contributed by atoms with Gasteiger partial charge in [0, 0.05) is 6.07 Å². The molecule has 0 fully saturated rings. The number of hydrogen-bond donors (Lipinski definition) is 2. The smallest absolute Gasteiger partial charge is 0.256 e. The summed E-state index contributed by atoms with van der Waals surface area (Å²) in [5.74, 6) is -1.99. The normalized spacial score (nSPS) is 10.2. The van der Waals surface area contributed by atoms with Gasteiger partial charge >= 0.3 is 11.4 Å². The van der Waals surface area contributed by atoms with E-state index in [9.17, 15) is 18.4 Å². The zero-order valence-corrected chi connectivity index (χ0v) is 8.12. The van der Waals surface area contributed by atoms with E-state index in [0.717, 1.165) is 0 Å². The third-order valence-electron chi connectivity index (χ3n) is 2.03. The Kier molecular flexibility index (Phi) is 2.36. The summed E-state index contributed by atoms with van der Waals surface area (Å²) in [6.45, 7) is 0. The predicted molar refractivity (Wildman–Crippen MR) is 51.6 cm³/mol. The minimum atomic E-state index is -1.000. The van der Waals surface area contributed by atoms with Crippen molar-refractivity contribution in [1.82, 2.24) is 14.8 Å². The molecule has 0 spiro atoms. The van der Waals surface area contributed by atoms with E-state index < -0.39 is 34.3 Å². The molecule has 0 atom stereocenters. The highest BCUT2D eigenvalue weighted by atomic mass is 19.1. The van der Waals surface area contributed by atoms with E-state index in [1.165, 1.54) is 6.07 Å².